The maximum Gasteiger partial charge on any atom is 0.323 e. The summed E-state index contributed by atoms with van der Waals surface area (Å²) in [5.74, 6) is -1.02. The normalized spacial score (nSPS) is 20.3. The van der Waals surface area contributed by atoms with Crippen LogP contribution in [0.2, 0.25) is 0 Å². The molecule has 1 saturated heterocycles. The molecule has 1 aliphatic heterocycles. The number of likely N-dealkylation sites (N-methyl/N-ethyl adjacent to an activating group) is 1. The summed E-state index contributed by atoms with van der Waals surface area (Å²) in [5, 5.41) is 8.87. The number of carbonyl (C=O) groups excluding carboxylic acids is 1. The van der Waals surface area contributed by atoms with Crippen LogP contribution >= 0.6 is 0 Å². The second-order valence-corrected chi connectivity index (χ2v) is 5.20. The Morgan fingerprint density at radius 3 is 2.44 bits per heavy atom. The Balaban J connectivity index is 2.57. The summed E-state index contributed by atoms with van der Waals surface area (Å²) in [5.41, 5.74) is 0. The molecule has 0 bridgehead atoms. The highest BCUT2D eigenvalue weighted by atomic mass is 16.4. The van der Waals surface area contributed by atoms with Crippen LogP contribution in [0.25, 0.3) is 0 Å². The first kappa shape index (κ1) is 14.9. The third-order valence-electron chi connectivity index (χ3n) is 3.20. The van der Waals surface area contributed by atoms with E-state index in [0.717, 1.165) is 19.5 Å². The van der Waals surface area contributed by atoms with Crippen molar-refractivity contribution in [2.75, 3.05) is 53.9 Å². The van der Waals surface area contributed by atoms with Gasteiger partial charge >= 0.3 is 5.97 Å². The summed E-state index contributed by atoms with van der Waals surface area (Å²) < 4.78 is 0. The summed E-state index contributed by atoms with van der Waals surface area (Å²) >= 11 is 0. The first-order valence-electron chi connectivity index (χ1n) is 6.24. The quantitative estimate of drug-likeness (QED) is 0.689. The van der Waals surface area contributed by atoms with Crippen LogP contribution in [0.1, 0.15) is 6.42 Å². The summed E-state index contributed by atoms with van der Waals surface area (Å²) in [7, 11) is 5.80. The topological polar surface area (TPSA) is 64.1 Å². The van der Waals surface area contributed by atoms with Crippen molar-refractivity contribution in [3.8, 4) is 0 Å². The summed E-state index contributed by atoms with van der Waals surface area (Å²) in [6.07, 6.45) is 0.827. The predicted octanol–water partition coefficient (Wildman–Crippen LogP) is -0.587. The van der Waals surface area contributed by atoms with E-state index in [4.69, 9.17) is 5.11 Å². The molecule has 1 rings (SSSR count). The lowest BCUT2D eigenvalue weighted by atomic mass is 10.1. The summed E-state index contributed by atoms with van der Waals surface area (Å²) in [6.45, 7) is 2.59. The lowest BCUT2D eigenvalue weighted by molar-refractivity contribution is -0.146. The van der Waals surface area contributed by atoms with Gasteiger partial charge in [0.05, 0.1) is 5.92 Å². The van der Waals surface area contributed by atoms with Gasteiger partial charge in [0.2, 0.25) is 5.91 Å². The van der Waals surface area contributed by atoms with Gasteiger partial charge in [0.25, 0.3) is 0 Å². The van der Waals surface area contributed by atoms with Crippen LogP contribution in [0.5, 0.6) is 0 Å². The van der Waals surface area contributed by atoms with Crippen LogP contribution in [-0.2, 0) is 9.59 Å². The molecule has 18 heavy (non-hydrogen) atoms. The molecule has 0 spiro atoms. The van der Waals surface area contributed by atoms with E-state index >= 15 is 0 Å². The molecule has 0 aromatic carbocycles. The maximum atomic E-state index is 12.3. The lowest BCUT2D eigenvalue weighted by Gasteiger charge is -2.25. The minimum atomic E-state index is -0.951. The third kappa shape index (κ3) is 4.62. The number of likely N-dealkylation sites (tertiary alicyclic amines) is 1. The molecule has 0 radical (unpaired) electrons. The number of carbonyl (C=O) groups is 2. The zero-order chi connectivity index (χ0) is 13.7. The number of rotatable bonds is 6. The fourth-order valence-corrected chi connectivity index (χ4v) is 2.15. The highest BCUT2D eigenvalue weighted by Crippen LogP contribution is 2.17. The van der Waals surface area contributed by atoms with E-state index in [9.17, 15) is 9.59 Å². The Hall–Kier alpha value is -1.14. The molecule has 0 aromatic heterocycles. The first-order chi connectivity index (χ1) is 8.40. The molecule has 0 aliphatic carbocycles. The number of amides is 1. The first-order valence-corrected chi connectivity index (χ1v) is 6.24. The predicted molar refractivity (Wildman–Crippen MR) is 68.4 cm³/mol. The van der Waals surface area contributed by atoms with E-state index in [0.29, 0.717) is 13.1 Å². The molecule has 1 unspecified atom stereocenters. The van der Waals surface area contributed by atoms with E-state index in [2.05, 4.69) is 4.90 Å². The van der Waals surface area contributed by atoms with Gasteiger partial charge in [-0.05, 0) is 34.1 Å². The molecule has 1 fully saturated rings. The van der Waals surface area contributed by atoms with Gasteiger partial charge in [0.1, 0.15) is 6.54 Å². The number of carboxylic acid groups (broad SMARTS) is 1. The van der Waals surface area contributed by atoms with Crippen molar-refractivity contribution in [1.29, 1.82) is 0 Å². The fraction of sp³-hybridized carbons (Fsp3) is 0.833. The zero-order valence-electron chi connectivity index (χ0n) is 11.4. The maximum absolute atomic E-state index is 12.3. The molecule has 6 nitrogen and oxygen atoms in total. The average Bonchev–Trinajstić information content (AvgIpc) is 2.69. The molecule has 0 saturated carbocycles. The van der Waals surface area contributed by atoms with Gasteiger partial charge in [-0.2, -0.15) is 0 Å². The lowest BCUT2D eigenvalue weighted by Crippen LogP contribution is -2.43. The number of nitrogens with zero attached hydrogens (tertiary/aromatic N) is 3. The summed E-state index contributed by atoms with van der Waals surface area (Å²) in [6, 6.07) is 0. The van der Waals surface area contributed by atoms with Crippen LogP contribution in [-0.4, -0.2) is 85.5 Å². The standard InChI is InChI=1S/C12H23N3O3/c1-13(2)6-7-15(9-11(16)17)12(18)10-4-5-14(3)8-10/h10H,4-9H2,1-3H3,(H,16,17). The van der Waals surface area contributed by atoms with Gasteiger partial charge in [0.15, 0.2) is 0 Å². The van der Waals surface area contributed by atoms with Gasteiger partial charge in [0, 0.05) is 19.6 Å². The van der Waals surface area contributed by atoms with Crippen LogP contribution < -0.4 is 0 Å². The van der Waals surface area contributed by atoms with Crippen molar-refractivity contribution in [3.63, 3.8) is 0 Å². The van der Waals surface area contributed by atoms with E-state index < -0.39 is 5.97 Å². The van der Waals surface area contributed by atoms with Crippen LogP contribution in [0.15, 0.2) is 0 Å². The number of carboxylic acids is 1. The Morgan fingerprint density at radius 2 is 2.00 bits per heavy atom. The summed E-state index contributed by atoms with van der Waals surface area (Å²) in [4.78, 5) is 28.6. The molecule has 0 aromatic rings. The van der Waals surface area contributed by atoms with Crippen molar-refractivity contribution in [1.82, 2.24) is 14.7 Å². The van der Waals surface area contributed by atoms with Crippen LogP contribution in [0.3, 0.4) is 0 Å². The molecule has 1 amide bonds. The van der Waals surface area contributed by atoms with Gasteiger partial charge in [-0.15, -0.1) is 0 Å². The van der Waals surface area contributed by atoms with Gasteiger partial charge in [-0.25, -0.2) is 0 Å². The Bertz CT molecular complexity index is 307. The Morgan fingerprint density at radius 1 is 1.33 bits per heavy atom. The smallest absolute Gasteiger partial charge is 0.323 e. The van der Waals surface area contributed by atoms with Crippen molar-refractivity contribution < 1.29 is 14.7 Å². The average molecular weight is 257 g/mol. The monoisotopic (exact) mass is 257 g/mol. The SMILES string of the molecule is CN(C)CCN(CC(=O)O)C(=O)C1CCN(C)C1. The largest absolute Gasteiger partial charge is 0.480 e. The van der Waals surface area contributed by atoms with Crippen LogP contribution in [0, 0.1) is 5.92 Å². The van der Waals surface area contributed by atoms with E-state index in [1.807, 2.05) is 26.0 Å². The van der Waals surface area contributed by atoms with Gasteiger partial charge in [-0.3, -0.25) is 9.59 Å². The van der Waals surface area contributed by atoms with Crippen LogP contribution in [0.4, 0.5) is 0 Å². The molecule has 6 heteroatoms. The molecule has 1 aliphatic rings. The van der Waals surface area contributed by atoms with Gasteiger partial charge in [-0.1, -0.05) is 0 Å². The Labute approximate surface area is 108 Å². The third-order valence-corrected chi connectivity index (χ3v) is 3.20. The fourth-order valence-electron chi connectivity index (χ4n) is 2.15. The number of aliphatic carboxylic acids is 1. The number of hydrogen-bond acceptors (Lipinski definition) is 4. The van der Waals surface area contributed by atoms with Crippen molar-refractivity contribution in [2.45, 2.75) is 6.42 Å². The number of hydrogen-bond donors (Lipinski definition) is 1. The van der Waals surface area contributed by atoms with Crippen molar-refractivity contribution in [2.24, 2.45) is 5.92 Å². The minimum absolute atomic E-state index is 0.0244. The second-order valence-electron chi connectivity index (χ2n) is 5.20. The molecular formula is C12H23N3O3. The van der Waals surface area contributed by atoms with Crippen molar-refractivity contribution in [3.05, 3.63) is 0 Å². The highest BCUT2D eigenvalue weighted by Gasteiger charge is 2.30. The molecule has 1 atom stereocenters. The van der Waals surface area contributed by atoms with Crippen molar-refractivity contribution >= 4 is 11.9 Å². The Kier molecular flexibility index (Phi) is 5.55. The van der Waals surface area contributed by atoms with Gasteiger partial charge < -0.3 is 19.8 Å². The second kappa shape index (κ2) is 6.70. The minimum Gasteiger partial charge on any atom is -0.480 e. The molecule has 1 N–H and O–H groups in total. The molecule has 104 valence electrons. The highest BCUT2D eigenvalue weighted by molar-refractivity contribution is 5.83. The molecule has 1 heterocycles. The van der Waals surface area contributed by atoms with E-state index in [1.165, 1.54) is 4.90 Å². The van der Waals surface area contributed by atoms with E-state index in [1.54, 1.807) is 0 Å². The van der Waals surface area contributed by atoms with E-state index in [-0.39, 0.29) is 18.4 Å². The zero-order valence-corrected chi connectivity index (χ0v) is 11.4. The molecular weight excluding hydrogens is 234 g/mol.